The number of nitrogens with two attached hydrogens (primary N) is 3. The number of amides is 6. The van der Waals surface area contributed by atoms with Crippen molar-refractivity contribution in [1.29, 1.82) is 0 Å². The van der Waals surface area contributed by atoms with Crippen LogP contribution >= 0.6 is 0 Å². The summed E-state index contributed by atoms with van der Waals surface area (Å²) in [5.74, 6) is -0.479. The molecular weight excluding hydrogens is 492 g/mol. The fourth-order valence-electron chi connectivity index (χ4n) is 4.02. The van der Waals surface area contributed by atoms with Crippen LogP contribution in [0.2, 0.25) is 0 Å². The summed E-state index contributed by atoms with van der Waals surface area (Å²) in [6.07, 6.45) is 8.16. The maximum atomic E-state index is 12.8. The number of carbonyl (C=O) groups is 4. The van der Waals surface area contributed by atoms with E-state index in [9.17, 15) is 19.2 Å². The highest BCUT2D eigenvalue weighted by atomic mass is 16.2. The quantitative estimate of drug-likeness (QED) is 0.0911. The number of unbranched alkanes of at least 4 members (excludes halogenated alkanes) is 5. The number of rotatable bonds is 16. The molecule has 0 aromatic carbocycles. The summed E-state index contributed by atoms with van der Waals surface area (Å²) in [5, 5.41) is 9.20. The normalized spacial score (nSPS) is 14.5. The molecule has 1 heterocycles. The molecule has 38 heavy (non-hydrogen) atoms. The minimum atomic E-state index is -0.638. The van der Waals surface area contributed by atoms with Gasteiger partial charge in [0.1, 0.15) is 0 Å². The van der Waals surface area contributed by atoms with Crippen molar-refractivity contribution < 1.29 is 19.2 Å². The Kier molecular flexibility index (Phi) is 17.8. The van der Waals surface area contributed by atoms with Gasteiger partial charge in [0.15, 0.2) is 0 Å². The van der Waals surface area contributed by atoms with E-state index in [0.29, 0.717) is 64.8 Å². The first kappa shape index (κ1) is 33.3. The van der Waals surface area contributed by atoms with Gasteiger partial charge in [-0.05, 0) is 58.5 Å². The summed E-state index contributed by atoms with van der Waals surface area (Å²) in [5.41, 5.74) is 22.2. The second-order valence-electron chi connectivity index (χ2n) is 9.68. The van der Waals surface area contributed by atoms with E-state index in [2.05, 4.69) is 26.8 Å². The summed E-state index contributed by atoms with van der Waals surface area (Å²) >= 11 is 0. The van der Waals surface area contributed by atoms with Crippen LogP contribution in [0.1, 0.15) is 70.6 Å². The van der Waals surface area contributed by atoms with Crippen LogP contribution in [0.25, 0.3) is 0 Å². The zero-order valence-corrected chi connectivity index (χ0v) is 22.9. The molecule has 11 N–H and O–H groups in total. The Hall–Kier alpha value is -2.68. The van der Waals surface area contributed by atoms with Crippen LogP contribution in [0.5, 0.6) is 0 Å². The van der Waals surface area contributed by atoms with Crippen LogP contribution in [0.4, 0.5) is 9.59 Å². The van der Waals surface area contributed by atoms with Gasteiger partial charge >= 0.3 is 12.1 Å². The number of urea groups is 2. The van der Waals surface area contributed by atoms with Crippen LogP contribution in [0.15, 0.2) is 0 Å². The third-order valence-corrected chi connectivity index (χ3v) is 6.32. The van der Waals surface area contributed by atoms with Gasteiger partial charge in [0.2, 0.25) is 11.8 Å². The van der Waals surface area contributed by atoms with Crippen molar-refractivity contribution in [3.8, 4) is 0 Å². The van der Waals surface area contributed by atoms with Crippen LogP contribution < -0.4 is 44.0 Å². The molecule has 1 saturated heterocycles. The van der Waals surface area contributed by atoms with Gasteiger partial charge < -0.3 is 38.1 Å². The minimum absolute atomic E-state index is 0.0542. The molecule has 0 unspecified atom stereocenters. The number of hydrogen-bond acceptors (Lipinski definition) is 8. The Morgan fingerprint density at radius 2 is 1.61 bits per heavy atom. The van der Waals surface area contributed by atoms with Crippen molar-refractivity contribution in [1.82, 2.24) is 36.8 Å². The Balaban J connectivity index is 2.53. The standard InChI is InChI=1S/C24H50N10O4/c1-28-18-22(36)30-20(17-26)9-6-8-14-29-23(37)34(31-21(35)10-5-3-2-4-7-13-25)32-24(38)33-15-11-19(27)12-16-33/h19-20,28H,2-18,25-27H2,1H3,(H,29,37)(H,30,36)(H,31,35)(H,32,38)/t20-/m0/s1. The van der Waals surface area contributed by atoms with Crippen molar-refractivity contribution in [3.05, 3.63) is 0 Å². The lowest BCUT2D eigenvalue weighted by Gasteiger charge is -2.32. The largest absolute Gasteiger partial charge is 0.355 e. The van der Waals surface area contributed by atoms with E-state index in [4.69, 9.17) is 17.2 Å². The minimum Gasteiger partial charge on any atom is -0.351 e. The van der Waals surface area contributed by atoms with E-state index in [1.54, 1.807) is 11.9 Å². The number of hydrazine groups is 2. The molecule has 0 aromatic heterocycles. The van der Waals surface area contributed by atoms with Crippen molar-refractivity contribution in [2.75, 3.05) is 46.3 Å². The third kappa shape index (κ3) is 14.9. The molecule has 220 valence electrons. The number of hydrogen-bond donors (Lipinski definition) is 8. The van der Waals surface area contributed by atoms with Gasteiger partial charge in [0.05, 0.1) is 6.54 Å². The van der Waals surface area contributed by atoms with Crippen LogP contribution in [-0.4, -0.2) is 92.3 Å². The third-order valence-electron chi connectivity index (χ3n) is 6.32. The van der Waals surface area contributed by atoms with Gasteiger partial charge in [-0.2, -0.15) is 0 Å². The van der Waals surface area contributed by atoms with Gasteiger partial charge in [-0.3, -0.25) is 9.59 Å². The molecule has 14 nitrogen and oxygen atoms in total. The summed E-state index contributed by atoms with van der Waals surface area (Å²) in [4.78, 5) is 51.3. The van der Waals surface area contributed by atoms with E-state index >= 15 is 0 Å². The zero-order chi connectivity index (χ0) is 28.2. The van der Waals surface area contributed by atoms with Crippen molar-refractivity contribution in [3.63, 3.8) is 0 Å². The van der Waals surface area contributed by atoms with E-state index in [1.165, 1.54) is 0 Å². The number of likely N-dealkylation sites (N-methyl/N-ethyl adjacent to an activating group) is 1. The number of nitrogens with one attached hydrogen (secondary N) is 5. The molecule has 1 aliphatic heterocycles. The number of carbonyl (C=O) groups excluding carboxylic acids is 4. The number of piperidine rings is 1. The highest BCUT2D eigenvalue weighted by Crippen LogP contribution is 2.08. The molecule has 0 spiro atoms. The smallest absolute Gasteiger partial charge is 0.351 e. The fourth-order valence-corrected chi connectivity index (χ4v) is 4.02. The summed E-state index contributed by atoms with van der Waals surface area (Å²) in [7, 11) is 1.70. The average Bonchev–Trinajstić information content (AvgIpc) is 2.89. The van der Waals surface area contributed by atoms with Crippen LogP contribution in [0.3, 0.4) is 0 Å². The summed E-state index contributed by atoms with van der Waals surface area (Å²) < 4.78 is 0. The van der Waals surface area contributed by atoms with Gasteiger partial charge in [-0.1, -0.05) is 19.3 Å². The lowest BCUT2D eigenvalue weighted by Crippen LogP contribution is -2.62. The van der Waals surface area contributed by atoms with E-state index in [1.807, 2.05) is 0 Å². The lowest BCUT2D eigenvalue weighted by molar-refractivity contribution is -0.125. The second kappa shape index (κ2) is 20.3. The number of nitrogens with zero attached hydrogens (tertiary/aromatic N) is 2. The molecule has 0 aliphatic carbocycles. The molecule has 1 atom stereocenters. The van der Waals surface area contributed by atoms with Gasteiger partial charge in [-0.15, -0.1) is 5.12 Å². The molecule has 0 bridgehead atoms. The molecule has 6 amide bonds. The Bertz CT molecular complexity index is 704. The molecule has 1 aliphatic rings. The van der Waals surface area contributed by atoms with Crippen molar-refractivity contribution in [2.45, 2.75) is 82.7 Å². The molecule has 1 fully saturated rings. The van der Waals surface area contributed by atoms with Crippen molar-refractivity contribution in [2.24, 2.45) is 17.2 Å². The molecule has 0 radical (unpaired) electrons. The SMILES string of the molecule is CNCC(=O)N[C@H](CN)CCCCNC(=O)N(NC(=O)CCCCCCCN)NC(=O)N1CCC(N)CC1. The van der Waals surface area contributed by atoms with E-state index in [0.717, 1.165) is 37.2 Å². The molecular formula is C24H50N10O4. The maximum absolute atomic E-state index is 12.8. The molecule has 0 aromatic rings. The molecule has 0 saturated carbocycles. The predicted octanol–water partition coefficient (Wildman–Crippen LogP) is -0.791. The first-order valence-electron chi connectivity index (χ1n) is 13.8. The molecule has 14 heteroatoms. The van der Waals surface area contributed by atoms with Gasteiger partial charge in [-0.25, -0.2) is 20.4 Å². The lowest BCUT2D eigenvalue weighted by atomic mass is 10.1. The average molecular weight is 543 g/mol. The predicted molar refractivity (Wildman–Crippen MR) is 146 cm³/mol. The van der Waals surface area contributed by atoms with Crippen LogP contribution in [-0.2, 0) is 9.59 Å². The van der Waals surface area contributed by atoms with Gasteiger partial charge in [0, 0.05) is 44.7 Å². The topological polar surface area (TPSA) is 213 Å². The Morgan fingerprint density at radius 3 is 2.26 bits per heavy atom. The van der Waals surface area contributed by atoms with E-state index in [-0.39, 0.29) is 36.9 Å². The van der Waals surface area contributed by atoms with E-state index < -0.39 is 12.1 Å². The monoisotopic (exact) mass is 542 g/mol. The highest BCUT2D eigenvalue weighted by Gasteiger charge is 2.25. The fraction of sp³-hybridized carbons (Fsp3) is 0.833. The van der Waals surface area contributed by atoms with Crippen molar-refractivity contribution >= 4 is 23.9 Å². The Morgan fingerprint density at radius 1 is 0.921 bits per heavy atom. The van der Waals surface area contributed by atoms with Crippen LogP contribution in [0, 0.1) is 0 Å². The first-order chi connectivity index (χ1) is 18.3. The maximum Gasteiger partial charge on any atom is 0.355 e. The highest BCUT2D eigenvalue weighted by molar-refractivity contribution is 5.84. The Labute approximate surface area is 226 Å². The summed E-state index contributed by atoms with van der Waals surface area (Å²) in [6.45, 7) is 2.48. The molecule has 1 rings (SSSR count). The number of likely N-dealkylation sites (tertiary alicyclic amines) is 1. The van der Waals surface area contributed by atoms with Gasteiger partial charge in [0.25, 0.3) is 0 Å². The second-order valence-corrected chi connectivity index (χ2v) is 9.68. The summed E-state index contributed by atoms with van der Waals surface area (Å²) in [6, 6.07) is -1.20. The zero-order valence-electron chi connectivity index (χ0n) is 22.9. The first-order valence-corrected chi connectivity index (χ1v) is 13.8.